The molecule has 5 heteroatoms. The summed E-state index contributed by atoms with van der Waals surface area (Å²) in [5, 5.41) is 3.26. The van der Waals surface area contributed by atoms with Gasteiger partial charge < -0.3 is 9.88 Å². The van der Waals surface area contributed by atoms with Gasteiger partial charge in [0.05, 0.1) is 11.4 Å². The van der Waals surface area contributed by atoms with Crippen molar-refractivity contribution < 1.29 is 4.79 Å². The monoisotopic (exact) mass is 329 g/mol. The summed E-state index contributed by atoms with van der Waals surface area (Å²) in [4.78, 5) is 16.9. The number of carbonyl (C=O) groups is 1. The number of aryl methyl sites for hydroxylation is 1. The summed E-state index contributed by atoms with van der Waals surface area (Å²) in [5.41, 5.74) is 1.30. The summed E-state index contributed by atoms with van der Waals surface area (Å²) >= 11 is 5.32. The molecule has 4 nitrogen and oxygen atoms in total. The molecule has 0 spiro atoms. The Balaban J connectivity index is 1.57. The molecule has 122 valence electrons. The maximum absolute atomic E-state index is 11.9. The van der Waals surface area contributed by atoms with Crippen LogP contribution in [0.3, 0.4) is 0 Å². The number of nitrogens with zero attached hydrogens (tertiary/aromatic N) is 2. The van der Waals surface area contributed by atoms with Crippen LogP contribution in [-0.2, 0) is 24.7 Å². The molecule has 0 radical (unpaired) electrons. The Morgan fingerprint density at radius 2 is 2.04 bits per heavy atom. The average molecular weight is 329 g/mol. The second kappa shape index (κ2) is 9.20. The summed E-state index contributed by atoms with van der Waals surface area (Å²) < 4.78 is 1.88. The zero-order valence-electron chi connectivity index (χ0n) is 13.5. The number of rotatable bonds is 9. The van der Waals surface area contributed by atoms with Gasteiger partial charge in [0.25, 0.3) is 0 Å². The fourth-order valence-electron chi connectivity index (χ4n) is 2.36. The van der Waals surface area contributed by atoms with Crippen LogP contribution in [0.25, 0.3) is 0 Å². The molecule has 0 atom stereocenters. The van der Waals surface area contributed by atoms with Crippen LogP contribution in [-0.4, -0.2) is 26.9 Å². The van der Waals surface area contributed by atoms with Gasteiger partial charge in [-0.1, -0.05) is 42.5 Å². The Morgan fingerprint density at radius 1 is 1.26 bits per heavy atom. The van der Waals surface area contributed by atoms with Gasteiger partial charge in [-0.05, 0) is 24.8 Å². The van der Waals surface area contributed by atoms with Crippen LogP contribution in [0.15, 0.2) is 42.7 Å². The molecule has 2 aromatic rings. The van der Waals surface area contributed by atoms with Gasteiger partial charge >= 0.3 is 0 Å². The molecule has 0 aliphatic carbocycles. The van der Waals surface area contributed by atoms with E-state index in [-0.39, 0.29) is 5.78 Å². The zero-order chi connectivity index (χ0) is 16.5. The largest absolute Gasteiger partial charge is 0.379 e. The van der Waals surface area contributed by atoms with E-state index < -0.39 is 0 Å². The highest BCUT2D eigenvalue weighted by Crippen LogP contribution is 2.04. The van der Waals surface area contributed by atoms with Gasteiger partial charge in [-0.15, -0.1) is 0 Å². The van der Waals surface area contributed by atoms with Crippen molar-refractivity contribution in [1.29, 1.82) is 0 Å². The van der Waals surface area contributed by atoms with Crippen LogP contribution in [0.2, 0.25) is 0 Å². The van der Waals surface area contributed by atoms with Crippen LogP contribution in [0.1, 0.15) is 30.7 Å². The molecule has 0 saturated carbocycles. The fourth-order valence-corrected chi connectivity index (χ4v) is 2.60. The molecule has 0 aliphatic rings. The first-order valence-corrected chi connectivity index (χ1v) is 8.34. The lowest BCUT2D eigenvalue weighted by molar-refractivity contribution is -0.118. The second-order valence-electron chi connectivity index (χ2n) is 5.61. The highest BCUT2D eigenvalue weighted by Gasteiger charge is 2.08. The number of hydrogen-bond donors (Lipinski definition) is 1. The van der Waals surface area contributed by atoms with Gasteiger partial charge in [0.15, 0.2) is 0 Å². The van der Waals surface area contributed by atoms with E-state index >= 15 is 0 Å². The molecule has 0 aliphatic heterocycles. The molecule has 2 rings (SSSR count). The van der Waals surface area contributed by atoms with Crippen molar-refractivity contribution in [2.24, 2.45) is 7.05 Å². The highest BCUT2D eigenvalue weighted by atomic mass is 32.1. The van der Waals surface area contributed by atoms with Crippen LogP contribution in [0, 0.1) is 0 Å². The van der Waals surface area contributed by atoms with Gasteiger partial charge in [-0.2, -0.15) is 0 Å². The number of benzene rings is 1. The first-order chi connectivity index (χ1) is 11.1. The molecule has 1 heterocycles. The number of imidazole rings is 1. The van der Waals surface area contributed by atoms with E-state index in [1.807, 2.05) is 36.0 Å². The van der Waals surface area contributed by atoms with E-state index in [0.29, 0.717) is 12.8 Å². The normalized spacial score (nSPS) is 10.5. The standard InChI is InChI=1S/C18H23N3OS/c1-21-13-12-19-17(21)14-16(22)8-5-9-18(23)20-11-10-15-6-3-2-4-7-15/h2-4,6-7,12-13H,5,8-11,14H2,1H3,(H,20,23). The Morgan fingerprint density at radius 3 is 2.74 bits per heavy atom. The van der Waals surface area contributed by atoms with Gasteiger partial charge in [-0.3, -0.25) is 4.79 Å². The zero-order valence-corrected chi connectivity index (χ0v) is 14.3. The summed E-state index contributed by atoms with van der Waals surface area (Å²) in [6.07, 6.45) is 7.03. The van der Waals surface area contributed by atoms with Gasteiger partial charge in [0.1, 0.15) is 11.6 Å². The van der Waals surface area contributed by atoms with Crippen molar-refractivity contribution in [3.05, 3.63) is 54.1 Å². The number of ketones is 1. The van der Waals surface area contributed by atoms with Crippen LogP contribution in [0.4, 0.5) is 0 Å². The molecule has 0 unspecified atom stereocenters. The molecule has 0 bridgehead atoms. The third-order valence-electron chi connectivity index (χ3n) is 3.71. The maximum Gasteiger partial charge on any atom is 0.140 e. The number of nitrogens with one attached hydrogen (secondary N) is 1. The molecule has 0 amide bonds. The van der Waals surface area contributed by atoms with E-state index in [4.69, 9.17) is 12.2 Å². The van der Waals surface area contributed by atoms with Crippen molar-refractivity contribution in [3.63, 3.8) is 0 Å². The van der Waals surface area contributed by atoms with Crippen LogP contribution in [0.5, 0.6) is 0 Å². The summed E-state index contributed by atoms with van der Waals surface area (Å²) in [6, 6.07) is 10.3. The lowest BCUT2D eigenvalue weighted by Crippen LogP contribution is -2.24. The molecule has 0 fully saturated rings. The lowest BCUT2D eigenvalue weighted by atomic mass is 10.1. The molecule has 0 saturated heterocycles. The van der Waals surface area contributed by atoms with E-state index in [1.54, 1.807) is 6.20 Å². The molecular weight excluding hydrogens is 306 g/mol. The second-order valence-corrected chi connectivity index (χ2v) is 6.10. The third kappa shape index (κ3) is 6.32. The molecular formula is C18H23N3OS. The molecule has 1 aromatic carbocycles. The Bertz CT molecular complexity index is 637. The minimum Gasteiger partial charge on any atom is -0.379 e. The minimum atomic E-state index is 0.214. The van der Waals surface area contributed by atoms with Crippen molar-refractivity contribution in [2.45, 2.75) is 32.1 Å². The quantitative estimate of drug-likeness (QED) is 0.719. The average Bonchev–Trinajstić information content (AvgIpc) is 2.93. The molecule has 1 aromatic heterocycles. The van der Waals surface area contributed by atoms with E-state index in [9.17, 15) is 4.79 Å². The Hall–Kier alpha value is -2.01. The van der Waals surface area contributed by atoms with Crippen molar-refractivity contribution in [1.82, 2.24) is 14.9 Å². The third-order valence-corrected chi connectivity index (χ3v) is 4.06. The van der Waals surface area contributed by atoms with Crippen LogP contribution >= 0.6 is 12.2 Å². The predicted molar refractivity (Wildman–Crippen MR) is 96.5 cm³/mol. The summed E-state index contributed by atoms with van der Waals surface area (Å²) in [6.45, 7) is 0.837. The Kier molecular flexibility index (Phi) is 6.94. The van der Waals surface area contributed by atoms with E-state index in [1.165, 1.54) is 5.56 Å². The predicted octanol–water partition coefficient (Wildman–Crippen LogP) is 2.86. The lowest BCUT2D eigenvalue weighted by Gasteiger charge is -2.08. The number of aromatic nitrogens is 2. The smallest absolute Gasteiger partial charge is 0.140 e. The molecule has 1 N–H and O–H groups in total. The van der Waals surface area contributed by atoms with Gasteiger partial charge in [0, 0.05) is 32.4 Å². The fraction of sp³-hybridized carbons (Fsp3) is 0.389. The van der Waals surface area contributed by atoms with Crippen molar-refractivity contribution in [3.8, 4) is 0 Å². The topological polar surface area (TPSA) is 46.9 Å². The van der Waals surface area contributed by atoms with Gasteiger partial charge in [0.2, 0.25) is 0 Å². The number of carbonyl (C=O) groups excluding carboxylic acids is 1. The minimum absolute atomic E-state index is 0.214. The highest BCUT2D eigenvalue weighted by molar-refractivity contribution is 7.80. The number of hydrogen-bond acceptors (Lipinski definition) is 3. The Labute approximate surface area is 142 Å². The van der Waals surface area contributed by atoms with Gasteiger partial charge in [-0.25, -0.2) is 4.98 Å². The number of thiocarbonyl (C=S) groups is 1. The molecule has 23 heavy (non-hydrogen) atoms. The van der Waals surface area contributed by atoms with Crippen molar-refractivity contribution >= 4 is 23.0 Å². The maximum atomic E-state index is 11.9. The van der Waals surface area contributed by atoms with E-state index in [2.05, 4.69) is 22.4 Å². The van der Waals surface area contributed by atoms with Crippen LogP contribution < -0.4 is 5.32 Å². The van der Waals surface area contributed by atoms with Crippen molar-refractivity contribution in [2.75, 3.05) is 6.54 Å². The first-order valence-electron chi connectivity index (χ1n) is 7.93. The van der Waals surface area contributed by atoms with E-state index in [0.717, 1.165) is 36.6 Å². The SMILES string of the molecule is Cn1ccnc1CC(=O)CCCC(=S)NCCc1ccccc1. The first kappa shape index (κ1) is 17.3. The number of Topliss-reactive ketones (excluding diaryl/α,β-unsaturated/α-hetero) is 1. The summed E-state index contributed by atoms with van der Waals surface area (Å²) in [5.74, 6) is 1.03. The summed E-state index contributed by atoms with van der Waals surface area (Å²) in [7, 11) is 1.90.